The van der Waals surface area contributed by atoms with E-state index in [-0.39, 0.29) is 6.10 Å². The number of nitrogens with zero attached hydrogens (tertiary/aromatic N) is 3. The minimum Gasteiger partial charge on any atom is -0.362 e. The van der Waals surface area contributed by atoms with Gasteiger partial charge in [-0.25, -0.2) is 4.98 Å². The molecule has 0 N–H and O–H groups in total. The van der Waals surface area contributed by atoms with E-state index in [0.717, 1.165) is 51.1 Å². The molecule has 2 aliphatic heterocycles. The van der Waals surface area contributed by atoms with E-state index in [9.17, 15) is 0 Å². The van der Waals surface area contributed by atoms with E-state index < -0.39 is 0 Å². The molecule has 0 aliphatic carbocycles. The summed E-state index contributed by atoms with van der Waals surface area (Å²) in [5.41, 5.74) is 3.88. The molecule has 4 nitrogen and oxygen atoms in total. The van der Waals surface area contributed by atoms with Crippen molar-refractivity contribution in [3.8, 4) is 0 Å². The van der Waals surface area contributed by atoms with Crippen LogP contribution in [0.15, 0.2) is 30.5 Å². The second-order valence-corrected chi connectivity index (χ2v) is 7.10. The van der Waals surface area contributed by atoms with Crippen LogP contribution >= 0.6 is 0 Å². The highest BCUT2D eigenvalue weighted by molar-refractivity contribution is 5.35. The molecule has 128 valence electrons. The van der Waals surface area contributed by atoms with Gasteiger partial charge in [-0.1, -0.05) is 31.2 Å². The third-order valence-electron chi connectivity index (χ3n) is 5.41. The number of fused-ring (bicyclic) bond motifs is 2. The number of hydrogen-bond acceptors (Lipinski definition) is 3. The Morgan fingerprint density at radius 1 is 1.17 bits per heavy atom. The quantitative estimate of drug-likeness (QED) is 0.868. The maximum atomic E-state index is 6.66. The number of aromatic nitrogens is 2. The normalized spacial score (nSPS) is 22.0. The van der Waals surface area contributed by atoms with Crippen molar-refractivity contribution in [2.75, 3.05) is 20.1 Å². The van der Waals surface area contributed by atoms with Crippen LogP contribution in [0.3, 0.4) is 0 Å². The fraction of sp³-hybridized carbons (Fsp3) is 0.550. The number of piperidine rings is 1. The molecule has 0 radical (unpaired) electrons. The Morgan fingerprint density at radius 3 is 2.75 bits per heavy atom. The number of ether oxygens (including phenoxy) is 1. The molecule has 4 heteroatoms. The van der Waals surface area contributed by atoms with Crippen molar-refractivity contribution >= 4 is 0 Å². The van der Waals surface area contributed by atoms with E-state index in [2.05, 4.69) is 53.9 Å². The van der Waals surface area contributed by atoms with E-state index >= 15 is 0 Å². The standard InChI is InChI=1S/C20H27N3O/c1-3-16-14-23-13-8-15-6-4-5-7-18(15)19(20(23)21-16)24-17-9-11-22(2)12-10-17/h4-7,14,17,19H,3,8-13H2,1-2H3. The van der Waals surface area contributed by atoms with Gasteiger partial charge in [0.15, 0.2) is 0 Å². The van der Waals surface area contributed by atoms with Crippen molar-refractivity contribution in [1.82, 2.24) is 14.5 Å². The van der Waals surface area contributed by atoms with Gasteiger partial charge in [0, 0.05) is 25.8 Å². The number of hydrogen-bond donors (Lipinski definition) is 0. The zero-order valence-corrected chi connectivity index (χ0v) is 14.7. The van der Waals surface area contributed by atoms with Crippen LogP contribution in [0, 0.1) is 0 Å². The largest absolute Gasteiger partial charge is 0.362 e. The van der Waals surface area contributed by atoms with Gasteiger partial charge in [-0.3, -0.25) is 0 Å². The van der Waals surface area contributed by atoms with Crippen LogP contribution in [-0.2, 0) is 24.1 Å². The molecule has 3 heterocycles. The number of likely N-dealkylation sites (tertiary alicyclic amines) is 1. The highest BCUT2D eigenvalue weighted by atomic mass is 16.5. The first-order valence-electron chi connectivity index (χ1n) is 9.22. The molecule has 2 aliphatic rings. The Labute approximate surface area is 144 Å². The van der Waals surface area contributed by atoms with Crippen LogP contribution < -0.4 is 0 Å². The van der Waals surface area contributed by atoms with Gasteiger partial charge in [-0.15, -0.1) is 0 Å². The van der Waals surface area contributed by atoms with E-state index in [1.54, 1.807) is 0 Å². The SMILES string of the molecule is CCc1cn2c(n1)C(OC1CCN(C)CC1)c1ccccc1CC2. The van der Waals surface area contributed by atoms with Crippen LogP contribution in [0.4, 0.5) is 0 Å². The molecule has 24 heavy (non-hydrogen) atoms. The van der Waals surface area contributed by atoms with Crippen molar-refractivity contribution in [2.45, 2.75) is 51.4 Å². The summed E-state index contributed by atoms with van der Waals surface area (Å²) in [5.74, 6) is 1.09. The smallest absolute Gasteiger partial charge is 0.142 e. The third-order valence-corrected chi connectivity index (χ3v) is 5.41. The molecule has 2 aromatic rings. The van der Waals surface area contributed by atoms with Gasteiger partial charge >= 0.3 is 0 Å². The first kappa shape index (κ1) is 15.9. The summed E-state index contributed by atoms with van der Waals surface area (Å²) in [6, 6.07) is 8.73. The van der Waals surface area contributed by atoms with E-state index in [1.807, 2.05) is 0 Å². The average molecular weight is 325 g/mol. The van der Waals surface area contributed by atoms with Crippen LogP contribution in [-0.4, -0.2) is 40.7 Å². The Morgan fingerprint density at radius 2 is 1.96 bits per heavy atom. The summed E-state index contributed by atoms with van der Waals surface area (Å²) >= 11 is 0. The molecule has 0 spiro atoms. The zero-order chi connectivity index (χ0) is 16.5. The fourth-order valence-electron chi connectivity index (χ4n) is 3.89. The molecule has 4 rings (SSSR count). The summed E-state index contributed by atoms with van der Waals surface area (Å²) < 4.78 is 8.98. The summed E-state index contributed by atoms with van der Waals surface area (Å²) in [5, 5.41) is 0. The van der Waals surface area contributed by atoms with Gasteiger partial charge in [0.25, 0.3) is 0 Å². The third kappa shape index (κ3) is 3.01. The summed E-state index contributed by atoms with van der Waals surface area (Å²) in [6.45, 7) is 5.40. The molecular formula is C20H27N3O. The van der Waals surface area contributed by atoms with Gasteiger partial charge in [0.05, 0.1) is 11.8 Å². The van der Waals surface area contributed by atoms with E-state index in [4.69, 9.17) is 9.72 Å². The van der Waals surface area contributed by atoms with Gasteiger partial charge < -0.3 is 14.2 Å². The van der Waals surface area contributed by atoms with Crippen LogP contribution in [0.1, 0.15) is 48.5 Å². The fourth-order valence-corrected chi connectivity index (χ4v) is 3.89. The number of rotatable bonds is 3. The maximum Gasteiger partial charge on any atom is 0.142 e. The topological polar surface area (TPSA) is 30.3 Å². The number of benzene rings is 1. The summed E-state index contributed by atoms with van der Waals surface area (Å²) in [7, 11) is 2.19. The Hall–Kier alpha value is -1.65. The Bertz CT molecular complexity index is 701. The average Bonchev–Trinajstić information content (AvgIpc) is 2.97. The summed E-state index contributed by atoms with van der Waals surface area (Å²) in [6.07, 6.45) is 6.75. The van der Waals surface area contributed by atoms with Crippen molar-refractivity contribution in [1.29, 1.82) is 0 Å². The lowest BCUT2D eigenvalue weighted by atomic mass is 10.00. The first-order valence-corrected chi connectivity index (χ1v) is 9.22. The predicted molar refractivity (Wildman–Crippen MR) is 95.2 cm³/mol. The monoisotopic (exact) mass is 325 g/mol. The summed E-state index contributed by atoms with van der Waals surface area (Å²) in [4.78, 5) is 7.30. The maximum absolute atomic E-state index is 6.66. The molecule has 1 saturated heterocycles. The van der Waals surface area contributed by atoms with Gasteiger partial charge in [-0.05, 0) is 43.9 Å². The molecule has 0 bridgehead atoms. The van der Waals surface area contributed by atoms with Crippen LogP contribution in [0.5, 0.6) is 0 Å². The van der Waals surface area contributed by atoms with Gasteiger partial charge in [0.1, 0.15) is 11.9 Å². The highest BCUT2D eigenvalue weighted by Crippen LogP contribution is 2.34. The molecule has 0 saturated carbocycles. The molecule has 1 unspecified atom stereocenters. The van der Waals surface area contributed by atoms with Crippen molar-refractivity contribution in [2.24, 2.45) is 0 Å². The minimum absolute atomic E-state index is 0.0302. The van der Waals surface area contributed by atoms with Gasteiger partial charge in [-0.2, -0.15) is 0 Å². The Kier molecular flexibility index (Phi) is 4.42. The first-order chi connectivity index (χ1) is 11.7. The Balaban J connectivity index is 1.68. The molecular weight excluding hydrogens is 298 g/mol. The molecule has 1 fully saturated rings. The second-order valence-electron chi connectivity index (χ2n) is 7.10. The predicted octanol–water partition coefficient (Wildman–Crippen LogP) is 3.20. The lowest BCUT2D eigenvalue weighted by Gasteiger charge is -2.32. The highest BCUT2D eigenvalue weighted by Gasteiger charge is 2.30. The number of aryl methyl sites for hydroxylation is 3. The van der Waals surface area contributed by atoms with E-state index in [0.29, 0.717) is 6.10 Å². The van der Waals surface area contributed by atoms with Gasteiger partial charge in [0.2, 0.25) is 0 Å². The molecule has 1 aromatic heterocycles. The lowest BCUT2D eigenvalue weighted by Crippen LogP contribution is -2.35. The molecule has 1 aromatic carbocycles. The van der Waals surface area contributed by atoms with Crippen LogP contribution in [0.25, 0.3) is 0 Å². The van der Waals surface area contributed by atoms with E-state index in [1.165, 1.54) is 16.8 Å². The van der Waals surface area contributed by atoms with Crippen LogP contribution in [0.2, 0.25) is 0 Å². The lowest BCUT2D eigenvalue weighted by molar-refractivity contribution is -0.0276. The van der Waals surface area contributed by atoms with Crippen molar-refractivity contribution in [3.63, 3.8) is 0 Å². The van der Waals surface area contributed by atoms with Crippen molar-refractivity contribution in [3.05, 3.63) is 53.1 Å². The minimum atomic E-state index is -0.0302. The molecule has 1 atom stereocenters. The zero-order valence-electron chi connectivity index (χ0n) is 14.7. The second kappa shape index (κ2) is 6.69. The molecule has 0 amide bonds. The van der Waals surface area contributed by atoms with Crippen molar-refractivity contribution < 1.29 is 4.74 Å². The number of imidazole rings is 1.